The van der Waals surface area contributed by atoms with Gasteiger partial charge in [-0.2, -0.15) is 0 Å². The van der Waals surface area contributed by atoms with Crippen molar-refractivity contribution < 1.29 is 27.9 Å². The summed E-state index contributed by atoms with van der Waals surface area (Å²) < 4.78 is 31.8. The second-order valence-electron chi connectivity index (χ2n) is 6.32. The molecule has 1 aliphatic rings. The molecule has 0 spiro atoms. The first-order valence-corrected chi connectivity index (χ1v) is 8.69. The largest absolute Gasteiger partial charge is 0.460 e. The Morgan fingerprint density at radius 3 is 2.46 bits per heavy atom. The van der Waals surface area contributed by atoms with Crippen molar-refractivity contribution in [1.29, 1.82) is 0 Å². The number of hydrogen-bond acceptors (Lipinski definition) is 4. The number of carbonyl (C=O) groups is 3. The van der Waals surface area contributed by atoms with Gasteiger partial charge in [-0.25, -0.2) is 8.78 Å². The van der Waals surface area contributed by atoms with Crippen molar-refractivity contribution in [2.45, 2.75) is 13.0 Å². The van der Waals surface area contributed by atoms with Gasteiger partial charge in [0.2, 0.25) is 11.8 Å². The molecule has 2 amide bonds. The van der Waals surface area contributed by atoms with Gasteiger partial charge in [0.25, 0.3) is 0 Å². The van der Waals surface area contributed by atoms with E-state index in [0.717, 1.165) is 22.6 Å². The molecule has 1 unspecified atom stereocenters. The topological polar surface area (TPSA) is 75.7 Å². The molecule has 0 saturated carbocycles. The molecule has 2 aromatic carbocycles. The average molecular weight is 388 g/mol. The van der Waals surface area contributed by atoms with Gasteiger partial charge in [0.1, 0.15) is 30.7 Å². The Morgan fingerprint density at radius 2 is 1.79 bits per heavy atom. The van der Waals surface area contributed by atoms with Crippen LogP contribution in [0, 0.1) is 17.6 Å². The van der Waals surface area contributed by atoms with Crippen LogP contribution < -0.4 is 10.2 Å². The minimum Gasteiger partial charge on any atom is -0.460 e. The lowest BCUT2D eigenvalue weighted by atomic mass is 10.1. The van der Waals surface area contributed by atoms with Gasteiger partial charge in [0, 0.05) is 18.3 Å². The van der Waals surface area contributed by atoms with Gasteiger partial charge >= 0.3 is 5.97 Å². The van der Waals surface area contributed by atoms with E-state index in [9.17, 15) is 23.2 Å². The normalized spacial score (nSPS) is 16.1. The molecule has 8 heteroatoms. The van der Waals surface area contributed by atoms with Crippen molar-refractivity contribution in [3.8, 4) is 0 Å². The lowest BCUT2D eigenvalue weighted by Crippen LogP contribution is -2.39. The van der Waals surface area contributed by atoms with Crippen molar-refractivity contribution in [2.24, 2.45) is 5.92 Å². The van der Waals surface area contributed by atoms with E-state index in [4.69, 9.17) is 4.74 Å². The van der Waals surface area contributed by atoms with Crippen molar-refractivity contribution in [3.63, 3.8) is 0 Å². The number of rotatable bonds is 6. The highest BCUT2D eigenvalue weighted by Gasteiger charge is 2.38. The molecule has 28 heavy (non-hydrogen) atoms. The number of nitrogens with one attached hydrogen (secondary N) is 1. The first kappa shape index (κ1) is 19.5. The fourth-order valence-electron chi connectivity index (χ4n) is 2.95. The van der Waals surface area contributed by atoms with Crippen LogP contribution in [-0.4, -0.2) is 30.9 Å². The van der Waals surface area contributed by atoms with Crippen LogP contribution in [0.15, 0.2) is 48.5 Å². The van der Waals surface area contributed by atoms with E-state index in [0.29, 0.717) is 6.07 Å². The molecule has 6 nitrogen and oxygen atoms in total. The number of ether oxygens (including phenoxy) is 1. The van der Waals surface area contributed by atoms with Crippen LogP contribution in [0.2, 0.25) is 0 Å². The third kappa shape index (κ3) is 4.70. The van der Waals surface area contributed by atoms with E-state index in [1.54, 1.807) is 12.1 Å². The first-order valence-electron chi connectivity index (χ1n) is 8.69. The number of halogens is 2. The van der Waals surface area contributed by atoms with Crippen LogP contribution in [0.4, 0.5) is 14.5 Å². The molecule has 1 fully saturated rings. The van der Waals surface area contributed by atoms with Crippen LogP contribution in [0.5, 0.6) is 0 Å². The van der Waals surface area contributed by atoms with Crippen molar-refractivity contribution >= 4 is 23.5 Å². The molecule has 146 valence electrons. The number of amides is 2. The Bertz CT molecular complexity index is 869. The summed E-state index contributed by atoms with van der Waals surface area (Å²) in [4.78, 5) is 37.6. The summed E-state index contributed by atoms with van der Waals surface area (Å²) in [5, 5.41) is 2.38. The molecular formula is C20H18F2N2O4. The lowest BCUT2D eigenvalue weighted by molar-refractivity contribution is -0.146. The van der Waals surface area contributed by atoms with Crippen molar-refractivity contribution in [2.75, 3.05) is 18.0 Å². The smallest absolute Gasteiger partial charge is 0.325 e. The summed E-state index contributed by atoms with van der Waals surface area (Å²) in [5.74, 6) is -4.46. The van der Waals surface area contributed by atoms with Crippen molar-refractivity contribution in [1.82, 2.24) is 5.32 Å². The fourth-order valence-corrected chi connectivity index (χ4v) is 2.95. The second-order valence-corrected chi connectivity index (χ2v) is 6.32. The zero-order valence-corrected chi connectivity index (χ0v) is 14.9. The third-order valence-corrected chi connectivity index (χ3v) is 4.33. The van der Waals surface area contributed by atoms with Crippen LogP contribution in [-0.2, 0) is 25.7 Å². The maximum atomic E-state index is 13.4. The zero-order valence-electron chi connectivity index (χ0n) is 14.9. The van der Waals surface area contributed by atoms with E-state index in [-0.39, 0.29) is 31.8 Å². The highest BCUT2D eigenvalue weighted by Crippen LogP contribution is 2.26. The molecule has 0 bridgehead atoms. The predicted octanol–water partition coefficient (Wildman–Crippen LogP) is 2.18. The molecule has 2 aromatic rings. The molecule has 0 aliphatic carbocycles. The van der Waals surface area contributed by atoms with Gasteiger partial charge in [0.15, 0.2) is 0 Å². The van der Waals surface area contributed by atoms with Crippen LogP contribution >= 0.6 is 0 Å². The Morgan fingerprint density at radius 1 is 1.11 bits per heavy atom. The van der Waals surface area contributed by atoms with E-state index in [2.05, 4.69) is 5.32 Å². The fraction of sp³-hybridized carbons (Fsp3) is 0.250. The molecule has 1 N–H and O–H groups in total. The van der Waals surface area contributed by atoms with Crippen molar-refractivity contribution in [3.05, 3.63) is 65.7 Å². The van der Waals surface area contributed by atoms with Gasteiger partial charge in [-0.1, -0.05) is 30.3 Å². The number of nitrogens with zero attached hydrogens (tertiary/aromatic N) is 1. The van der Waals surface area contributed by atoms with Gasteiger partial charge in [-0.3, -0.25) is 14.4 Å². The first-order chi connectivity index (χ1) is 13.4. The number of carbonyl (C=O) groups excluding carboxylic acids is 3. The Kier molecular flexibility index (Phi) is 5.98. The number of esters is 1. The van der Waals surface area contributed by atoms with Gasteiger partial charge in [-0.05, 0) is 24.1 Å². The highest BCUT2D eigenvalue weighted by molar-refractivity contribution is 6.10. The number of anilines is 1. The molecule has 0 aromatic heterocycles. The molecule has 3 rings (SSSR count). The molecular weight excluding hydrogens is 370 g/mol. The second kappa shape index (κ2) is 8.60. The van der Waals surface area contributed by atoms with Crippen LogP contribution in [0.1, 0.15) is 12.0 Å². The maximum absolute atomic E-state index is 13.4. The molecule has 0 radical (unpaired) electrons. The number of hydrogen-bond donors (Lipinski definition) is 1. The maximum Gasteiger partial charge on any atom is 0.325 e. The number of benzene rings is 2. The summed E-state index contributed by atoms with van der Waals surface area (Å²) in [6, 6.07) is 11.8. The summed E-state index contributed by atoms with van der Waals surface area (Å²) in [7, 11) is 0. The van der Waals surface area contributed by atoms with E-state index < -0.39 is 35.3 Å². The average Bonchev–Trinajstić information content (AvgIpc) is 3.06. The molecule has 1 heterocycles. The molecule has 1 saturated heterocycles. The third-order valence-electron chi connectivity index (χ3n) is 4.33. The van der Waals surface area contributed by atoms with E-state index in [1.165, 1.54) is 0 Å². The minimum absolute atomic E-state index is 0.0556. The summed E-state index contributed by atoms with van der Waals surface area (Å²) in [6.07, 6.45) is 0.182. The zero-order chi connectivity index (χ0) is 20.1. The van der Waals surface area contributed by atoms with Crippen LogP contribution in [0.3, 0.4) is 0 Å². The minimum atomic E-state index is -1.02. The summed E-state index contributed by atoms with van der Waals surface area (Å²) in [6.45, 7) is -0.140. The highest BCUT2D eigenvalue weighted by atomic mass is 19.1. The molecule has 1 aliphatic heterocycles. The van der Waals surface area contributed by atoms with E-state index >= 15 is 0 Å². The molecule has 1 atom stereocenters. The van der Waals surface area contributed by atoms with Crippen LogP contribution in [0.25, 0.3) is 0 Å². The quantitative estimate of drug-likeness (QED) is 0.608. The Balaban J connectivity index is 1.51. The predicted molar refractivity (Wildman–Crippen MR) is 96.1 cm³/mol. The van der Waals surface area contributed by atoms with Gasteiger partial charge in [-0.15, -0.1) is 0 Å². The lowest BCUT2D eigenvalue weighted by Gasteiger charge is -2.17. The standard InChI is InChI=1S/C20H18F2N2O4/c21-14-8-15(22)10-16(9-14)24-7-6-17(20(24)27)19(26)23-11-18(25)28-12-13-4-2-1-3-5-13/h1-5,8-10,17H,6-7,11-12H2,(H,23,26). The Hall–Kier alpha value is -3.29. The summed E-state index contributed by atoms with van der Waals surface area (Å²) >= 11 is 0. The van der Waals surface area contributed by atoms with Gasteiger partial charge < -0.3 is 15.0 Å². The SMILES string of the molecule is O=C(CNC(=O)C1CCN(c2cc(F)cc(F)c2)C1=O)OCc1ccccc1. The van der Waals surface area contributed by atoms with Gasteiger partial charge in [0.05, 0.1) is 0 Å². The Labute approximate surface area is 160 Å². The summed E-state index contributed by atoms with van der Waals surface area (Å²) in [5.41, 5.74) is 0.867. The van der Waals surface area contributed by atoms with E-state index in [1.807, 2.05) is 18.2 Å². The monoisotopic (exact) mass is 388 g/mol.